The van der Waals surface area contributed by atoms with Crippen LogP contribution in [0.3, 0.4) is 0 Å². The van der Waals surface area contributed by atoms with Crippen LogP contribution < -0.4 is 5.32 Å². The quantitative estimate of drug-likeness (QED) is 0.731. The zero-order valence-electron chi connectivity index (χ0n) is 11.2. The van der Waals surface area contributed by atoms with Crippen molar-refractivity contribution in [1.29, 1.82) is 0 Å². The molecule has 0 aliphatic heterocycles. The average molecular weight is 227 g/mol. The molecule has 1 aliphatic rings. The second-order valence-electron chi connectivity index (χ2n) is 5.83. The van der Waals surface area contributed by atoms with Crippen LogP contribution in [0.25, 0.3) is 0 Å². The normalized spacial score (nSPS) is 28.3. The third-order valence-corrected chi connectivity index (χ3v) is 3.75. The Kier molecular flexibility index (Phi) is 6.37. The van der Waals surface area contributed by atoms with Gasteiger partial charge < -0.3 is 10.4 Å². The molecule has 16 heavy (non-hydrogen) atoms. The van der Waals surface area contributed by atoms with Gasteiger partial charge in [-0.15, -0.1) is 0 Å². The Balaban J connectivity index is 2.16. The first kappa shape index (κ1) is 14.0. The van der Waals surface area contributed by atoms with E-state index >= 15 is 0 Å². The van der Waals surface area contributed by atoms with Gasteiger partial charge in [-0.25, -0.2) is 0 Å². The van der Waals surface area contributed by atoms with Crippen molar-refractivity contribution in [2.75, 3.05) is 6.54 Å². The molecule has 0 heterocycles. The van der Waals surface area contributed by atoms with Crippen molar-refractivity contribution in [3.8, 4) is 0 Å². The van der Waals surface area contributed by atoms with Crippen LogP contribution in [-0.2, 0) is 0 Å². The Hall–Kier alpha value is -0.0800. The molecule has 2 N–H and O–H groups in total. The van der Waals surface area contributed by atoms with Crippen LogP contribution in [0.4, 0.5) is 0 Å². The van der Waals surface area contributed by atoms with Gasteiger partial charge in [0.2, 0.25) is 0 Å². The Bertz CT molecular complexity index is 182. The predicted molar refractivity (Wildman–Crippen MR) is 69.5 cm³/mol. The molecule has 2 heteroatoms. The molecule has 0 aromatic carbocycles. The predicted octanol–water partition coefficient (Wildman–Crippen LogP) is 2.95. The largest absolute Gasteiger partial charge is 0.392 e. The van der Waals surface area contributed by atoms with Crippen molar-refractivity contribution in [2.24, 2.45) is 11.8 Å². The summed E-state index contributed by atoms with van der Waals surface area (Å²) in [7, 11) is 0. The second-order valence-corrected chi connectivity index (χ2v) is 5.83. The lowest BCUT2D eigenvalue weighted by Gasteiger charge is -2.30. The summed E-state index contributed by atoms with van der Waals surface area (Å²) in [5, 5.41) is 13.4. The number of hydrogen-bond acceptors (Lipinski definition) is 2. The molecule has 0 bridgehead atoms. The lowest BCUT2D eigenvalue weighted by atomic mass is 9.84. The maximum atomic E-state index is 9.81. The van der Waals surface area contributed by atoms with Crippen LogP contribution in [0.1, 0.15) is 59.3 Å². The van der Waals surface area contributed by atoms with Crippen LogP contribution in [-0.4, -0.2) is 23.8 Å². The molecule has 0 saturated heterocycles. The second kappa shape index (κ2) is 7.29. The lowest BCUT2D eigenvalue weighted by molar-refractivity contribution is 0.136. The van der Waals surface area contributed by atoms with Gasteiger partial charge in [0.05, 0.1) is 6.10 Å². The molecule has 2 nitrogen and oxygen atoms in total. The zero-order chi connectivity index (χ0) is 12.0. The Labute approximate surface area is 101 Å². The van der Waals surface area contributed by atoms with Gasteiger partial charge in [-0.2, -0.15) is 0 Å². The molecule has 1 aliphatic carbocycles. The highest BCUT2D eigenvalue weighted by atomic mass is 16.3. The molecular weight excluding hydrogens is 198 g/mol. The van der Waals surface area contributed by atoms with E-state index in [-0.39, 0.29) is 6.10 Å². The first-order valence-electron chi connectivity index (χ1n) is 7.03. The fraction of sp³-hybridized carbons (Fsp3) is 1.00. The molecule has 96 valence electrons. The minimum absolute atomic E-state index is 0.165. The molecule has 0 aromatic heterocycles. The van der Waals surface area contributed by atoms with Crippen molar-refractivity contribution in [3.63, 3.8) is 0 Å². The molecule has 0 spiro atoms. The first-order chi connectivity index (χ1) is 7.61. The highest BCUT2D eigenvalue weighted by molar-refractivity contribution is 4.78. The third-order valence-electron chi connectivity index (χ3n) is 3.75. The van der Waals surface area contributed by atoms with E-state index < -0.39 is 0 Å². The summed E-state index contributed by atoms with van der Waals surface area (Å²) in [6.45, 7) is 7.40. The SMILES string of the molecule is CCC1CCCC(NCC(O)CC(C)C)C1. The first-order valence-corrected chi connectivity index (χ1v) is 7.03. The average Bonchev–Trinajstić information content (AvgIpc) is 2.26. The third kappa shape index (κ3) is 5.31. The van der Waals surface area contributed by atoms with E-state index in [1.54, 1.807) is 0 Å². The highest BCUT2D eigenvalue weighted by Gasteiger charge is 2.20. The van der Waals surface area contributed by atoms with E-state index in [1.807, 2.05) is 0 Å². The summed E-state index contributed by atoms with van der Waals surface area (Å²) < 4.78 is 0. The van der Waals surface area contributed by atoms with Gasteiger partial charge in [0, 0.05) is 12.6 Å². The van der Waals surface area contributed by atoms with E-state index in [9.17, 15) is 5.11 Å². The molecule has 1 fully saturated rings. The van der Waals surface area contributed by atoms with Gasteiger partial charge in [0.15, 0.2) is 0 Å². The smallest absolute Gasteiger partial charge is 0.0667 e. The summed E-state index contributed by atoms with van der Waals surface area (Å²) in [5.74, 6) is 1.50. The van der Waals surface area contributed by atoms with Gasteiger partial charge in [-0.3, -0.25) is 0 Å². The van der Waals surface area contributed by atoms with Crippen molar-refractivity contribution >= 4 is 0 Å². The number of aliphatic hydroxyl groups excluding tert-OH is 1. The summed E-state index contributed by atoms with van der Waals surface area (Å²) in [4.78, 5) is 0. The topological polar surface area (TPSA) is 32.3 Å². The van der Waals surface area contributed by atoms with Gasteiger partial charge >= 0.3 is 0 Å². The fourth-order valence-corrected chi connectivity index (χ4v) is 2.78. The lowest BCUT2D eigenvalue weighted by Crippen LogP contribution is -2.39. The van der Waals surface area contributed by atoms with Gasteiger partial charge in [0.25, 0.3) is 0 Å². The number of rotatable bonds is 6. The van der Waals surface area contributed by atoms with Crippen molar-refractivity contribution in [2.45, 2.75) is 71.4 Å². The minimum atomic E-state index is -0.165. The number of nitrogens with one attached hydrogen (secondary N) is 1. The summed E-state index contributed by atoms with van der Waals surface area (Å²) in [6, 6.07) is 0.653. The van der Waals surface area contributed by atoms with Crippen molar-refractivity contribution in [3.05, 3.63) is 0 Å². The van der Waals surface area contributed by atoms with Crippen LogP contribution in [0.2, 0.25) is 0 Å². The van der Waals surface area contributed by atoms with Crippen LogP contribution in [0, 0.1) is 11.8 Å². The van der Waals surface area contributed by atoms with E-state index in [0.717, 1.165) is 18.9 Å². The summed E-state index contributed by atoms with van der Waals surface area (Å²) in [6.07, 6.45) is 7.43. The molecule has 0 amide bonds. The maximum Gasteiger partial charge on any atom is 0.0667 e. The Morgan fingerprint density at radius 2 is 2.06 bits per heavy atom. The van der Waals surface area contributed by atoms with Crippen molar-refractivity contribution in [1.82, 2.24) is 5.32 Å². The molecule has 3 atom stereocenters. The Morgan fingerprint density at radius 1 is 1.31 bits per heavy atom. The molecule has 0 aromatic rings. The van der Waals surface area contributed by atoms with E-state index in [4.69, 9.17) is 0 Å². The van der Waals surface area contributed by atoms with Crippen LogP contribution in [0.5, 0.6) is 0 Å². The van der Waals surface area contributed by atoms with E-state index in [0.29, 0.717) is 12.0 Å². The number of hydrogen-bond donors (Lipinski definition) is 2. The highest BCUT2D eigenvalue weighted by Crippen LogP contribution is 2.26. The molecule has 1 saturated carbocycles. The molecule has 1 rings (SSSR count). The van der Waals surface area contributed by atoms with Gasteiger partial charge in [-0.05, 0) is 31.1 Å². The number of aliphatic hydroxyl groups is 1. The van der Waals surface area contributed by atoms with E-state index in [1.165, 1.54) is 32.1 Å². The minimum Gasteiger partial charge on any atom is -0.392 e. The molecule has 3 unspecified atom stereocenters. The monoisotopic (exact) mass is 227 g/mol. The van der Waals surface area contributed by atoms with Crippen LogP contribution >= 0.6 is 0 Å². The molecule has 0 radical (unpaired) electrons. The van der Waals surface area contributed by atoms with E-state index in [2.05, 4.69) is 26.1 Å². The summed E-state index contributed by atoms with van der Waals surface area (Å²) >= 11 is 0. The molecular formula is C14H29NO. The maximum absolute atomic E-state index is 9.81. The van der Waals surface area contributed by atoms with Gasteiger partial charge in [-0.1, -0.05) is 40.0 Å². The zero-order valence-corrected chi connectivity index (χ0v) is 11.2. The van der Waals surface area contributed by atoms with Crippen LogP contribution in [0.15, 0.2) is 0 Å². The van der Waals surface area contributed by atoms with Gasteiger partial charge in [0.1, 0.15) is 0 Å². The Morgan fingerprint density at radius 3 is 2.69 bits per heavy atom. The van der Waals surface area contributed by atoms with Crippen molar-refractivity contribution < 1.29 is 5.11 Å². The summed E-state index contributed by atoms with van der Waals surface area (Å²) in [5.41, 5.74) is 0. The standard InChI is InChI=1S/C14H29NO/c1-4-12-6-5-7-13(9-12)15-10-14(16)8-11(2)3/h11-16H,4-10H2,1-3H3. The fourth-order valence-electron chi connectivity index (χ4n) is 2.78.